The predicted molar refractivity (Wildman–Crippen MR) is 122 cm³/mol. The molecule has 1 heterocycles. The fourth-order valence-corrected chi connectivity index (χ4v) is 4.72. The van der Waals surface area contributed by atoms with Crippen LogP contribution in [-0.4, -0.2) is 18.3 Å². The van der Waals surface area contributed by atoms with E-state index in [2.05, 4.69) is 60.7 Å². The Labute approximate surface area is 185 Å². The van der Waals surface area contributed by atoms with E-state index in [9.17, 15) is 9.90 Å². The Hall–Kier alpha value is -3.18. The average molecular weight is 432 g/mol. The fraction of sp³-hybridized carbons (Fsp3) is 0.192. The number of rotatable bonds is 10. The summed E-state index contributed by atoms with van der Waals surface area (Å²) in [4.78, 5) is 10.7. The van der Waals surface area contributed by atoms with Crippen molar-refractivity contribution in [2.75, 3.05) is 12.4 Å². The van der Waals surface area contributed by atoms with Gasteiger partial charge in [0.25, 0.3) is 0 Å². The molecule has 0 spiro atoms. The highest BCUT2D eigenvalue weighted by molar-refractivity contribution is 7.98. The van der Waals surface area contributed by atoms with Gasteiger partial charge < -0.3 is 19.1 Å². The van der Waals surface area contributed by atoms with Crippen LogP contribution in [0.3, 0.4) is 0 Å². The first-order valence-corrected chi connectivity index (χ1v) is 11.4. The Morgan fingerprint density at radius 1 is 0.935 bits per heavy atom. The van der Waals surface area contributed by atoms with Crippen molar-refractivity contribution in [1.82, 2.24) is 0 Å². The Morgan fingerprint density at radius 2 is 1.61 bits per heavy atom. The highest BCUT2D eigenvalue weighted by Crippen LogP contribution is 2.33. The Balaban J connectivity index is 1.41. The molecule has 0 radical (unpaired) electrons. The number of hydrogen-bond donors (Lipinski definition) is 0. The maximum atomic E-state index is 10.7. The summed E-state index contributed by atoms with van der Waals surface area (Å²) >= 11 is 1.86. The van der Waals surface area contributed by atoms with E-state index < -0.39 is 12.6 Å². The van der Waals surface area contributed by atoms with Crippen LogP contribution in [-0.2, 0) is 10.5 Å². The van der Waals surface area contributed by atoms with Crippen LogP contribution >= 0.6 is 11.8 Å². The van der Waals surface area contributed by atoms with E-state index in [-0.39, 0.29) is 0 Å². The largest absolute Gasteiger partial charge is 0.546 e. The molecule has 0 aliphatic carbocycles. The molecule has 4 nitrogen and oxygen atoms in total. The molecule has 0 N–H and O–H groups in total. The van der Waals surface area contributed by atoms with Crippen LogP contribution in [0.2, 0.25) is 0 Å². The minimum Gasteiger partial charge on any atom is -0.546 e. The number of carboxylic acid groups (broad SMARTS) is 1. The second-order valence-electron chi connectivity index (χ2n) is 7.27. The number of benzene rings is 3. The van der Waals surface area contributed by atoms with E-state index >= 15 is 0 Å². The molecule has 0 aliphatic heterocycles. The summed E-state index contributed by atoms with van der Waals surface area (Å²) in [7, 11) is 0. The summed E-state index contributed by atoms with van der Waals surface area (Å²) in [5.41, 5.74) is 4.32. The Bertz CT molecular complexity index is 1080. The normalized spacial score (nSPS) is 11.1. The third-order valence-electron chi connectivity index (χ3n) is 5.20. The number of carbonyl (C=O) groups is 1. The van der Waals surface area contributed by atoms with E-state index in [1.807, 2.05) is 23.9 Å². The summed E-state index contributed by atoms with van der Waals surface area (Å²) in [6.45, 7) is -0.496. The molecule has 5 heteroatoms. The lowest BCUT2D eigenvalue weighted by Crippen LogP contribution is -2.28. The molecule has 0 saturated carbocycles. The third kappa shape index (κ3) is 5.30. The zero-order chi connectivity index (χ0) is 21.5. The van der Waals surface area contributed by atoms with Crippen LogP contribution in [0, 0.1) is 0 Å². The van der Waals surface area contributed by atoms with E-state index in [0.29, 0.717) is 17.3 Å². The minimum absolute atomic E-state index is 0.362. The highest BCUT2D eigenvalue weighted by atomic mass is 32.2. The third-order valence-corrected chi connectivity index (χ3v) is 6.24. The number of thioether (sulfide) groups is 1. The van der Waals surface area contributed by atoms with Crippen molar-refractivity contribution < 1.29 is 19.1 Å². The molecule has 158 valence electrons. The number of hydrogen-bond acceptors (Lipinski definition) is 5. The molecule has 31 heavy (non-hydrogen) atoms. The molecule has 0 bridgehead atoms. The molecule has 0 atom stereocenters. The van der Waals surface area contributed by atoms with Gasteiger partial charge >= 0.3 is 0 Å². The monoisotopic (exact) mass is 431 g/mol. The average Bonchev–Trinajstić information content (AvgIpc) is 3.22. The summed E-state index contributed by atoms with van der Waals surface area (Å²) < 4.78 is 11.0. The van der Waals surface area contributed by atoms with Crippen LogP contribution in [0.25, 0.3) is 11.0 Å². The first kappa shape index (κ1) is 21.1. The van der Waals surface area contributed by atoms with Crippen molar-refractivity contribution in [3.8, 4) is 5.75 Å². The van der Waals surface area contributed by atoms with Gasteiger partial charge in [0, 0.05) is 22.6 Å². The van der Waals surface area contributed by atoms with E-state index in [1.165, 1.54) is 11.1 Å². The maximum Gasteiger partial charge on any atom is 0.176 e. The van der Waals surface area contributed by atoms with Crippen LogP contribution < -0.4 is 9.84 Å². The maximum absolute atomic E-state index is 10.7. The lowest BCUT2D eigenvalue weighted by Gasteiger charge is -2.18. The first-order chi connectivity index (χ1) is 15.2. The van der Waals surface area contributed by atoms with Crippen LogP contribution in [0.15, 0.2) is 89.5 Å². The van der Waals surface area contributed by atoms with Gasteiger partial charge in [-0.3, -0.25) is 0 Å². The molecular formula is C26H23O4S-. The zero-order valence-corrected chi connectivity index (χ0v) is 17.8. The van der Waals surface area contributed by atoms with Crippen LogP contribution in [0.4, 0.5) is 0 Å². The lowest BCUT2D eigenvalue weighted by molar-refractivity contribution is -0.307. The molecular weight excluding hydrogens is 408 g/mol. The van der Waals surface area contributed by atoms with Crippen molar-refractivity contribution in [2.45, 2.75) is 18.1 Å². The lowest BCUT2D eigenvalue weighted by atomic mass is 9.89. The van der Waals surface area contributed by atoms with E-state index in [0.717, 1.165) is 28.9 Å². The van der Waals surface area contributed by atoms with Gasteiger partial charge in [-0.05, 0) is 29.4 Å². The fourth-order valence-electron chi connectivity index (χ4n) is 3.73. The molecule has 0 aliphatic rings. The van der Waals surface area contributed by atoms with Gasteiger partial charge in [-0.15, -0.1) is 0 Å². The van der Waals surface area contributed by atoms with Gasteiger partial charge in [-0.25, -0.2) is 0 Å². The Morgan fingerprint density at radius 3 is 2.26 bits per heavy atom. The molecule has 0 amide bonds. The second-order valence-corrected chi connectivity index (χ2v) is 8.37. The smallest absolute Gasteiger partial charge is 0.176 e. The van der Waals surface area contributed by atoms with Crippen molar-refractivity contribution in [3.05, 3.63) is 102 Å². The van der Waals surface area contributed by atoms with Gasteiger partial charge in [-0.1, -0.05) is 72.8 Å². The molecule has 1 aromatic heterocycles. The van der Waals surface area contributed by atoms with Gasteiger partial charge in [0.05, 0.1) is 12.2 Å². The summed E-state index contributed by atoms with van der Waals surface area (Å²) in [6.07, 6.45) is 2.77. The number of fused-ring (bicyclic) bond motifs is 1. The molecule has 3 aromatic carbocycles. The van der Waals surface area contributed by atoms with Crippen molar-refractivity contribution in [3.63, 3.8) is 0 Å². The molecule has 0 saturated heterocycles. The van der Waals surface area contributed by atoms with Gasteiger partial charge in [-0.2, -0.15) is 11.8 Å². The number of aliphatic carboxylic acids is 1. The quantitative estimate of drug-likeness (QED) is 0.330. The minimum atomic E-state index is -1.26. The highest BCUT2D eigenvalue weighted by Gasteiger charge is 2.15. The van der Waals surface area contributed by atoms with Crippen molar-refractivity contribution in [1.29, 1.82) is 0 Å². The zero-order valence-electron chi connectivity index (χ0n) is 17.0. The topological polar surface area (TPSA) is 62.5 Å². The van der Waals surface area contributed by atoms with E-state index in [1.54, 1.807) is 12.3 Å². The summed E-state index contributed by atoms with van der Waals surface area (Å²) in [5, 5.41) is 11.6. The Kier molecular flexibility index (Phi) is 6.95. The number of para-hydroxylation sites is 1. The molecule has 4 rings (SSSR count). The molecule has 0 unspecified atom stereocenters. The van der Waals surface area contributed by atoms with Gasteiger partial charge in [0.1, 0.15) is 6.61 Å². The number of carbonyl (C=O) groups excluding carboxylic acids is 1. The van der Waals surface area contributed by atoms with Gasteiger partial charge in [0.15, 0.2) is 11.3 Å². The standard InChI is InChI=1S/C26H24O4S/c27-25(28)17-29-24-13-7-12-23-21(16-30-26(23)24)18-31-15-14-22(19-8-3-1-4-9-19)20-10-5-2-6-11-20/h1-13,16,22H,14-15,17-18H2,(H,27,28)/p-1. The van der Waals surface area contributed by atoms with Crippen LogP contribution in [0.5, 0.6) is 5.75 Å². The number of ether oxygens (including phenoxy) is 1. The molecule has 0 fully saturated rings. The van der Waals surface area contributed by atoms with Crippen molar-refractivity contribution in [2.24, 2.45) is 0 Å². The number of furan rings is 1. The predicted octanol–water partition coefficient (Wildman–Crippen LogP) is 5.02. The summed E-state index contributed by atoms with van der Waals surface area (Å²) in [6, 6.07) is 26.8. The van der Waals surface area contributed by atoms with Crippen LogP contribution in [0.1, 0.15) is 29.0 Å². The second kappa shape index (κ2) is 10.2. The first-order valence-electron chi connectivity index (χ1n) is 10.2. The number of carboxylic acids is 1. The summed E-state index contributed by atoms with van der Waals surface area (Å²) in [5.74, 6) is 1.34. The SMILES string of the molecule is O=C([O-])COc1cccc2c(CSCCC(c3ccccc3)c3ccccc3)coc12. The van der Waals surface area contributed by atoms with Crippen molar-refractivity contribution >= 4 is 28.7 Å². The van der Waals surface area contributed by atoms with Gasteiger partial charge in [0.2, 0.25) is 0 Å². The molecule has 4 aromatic rings. The van der Waals surface area contributed by atoms with E-state index in [4.69, 9.17) is 9.15 Å².